The van der Waals surface area contributed by atoms with E-state index in [1.807, 2.05) is 0 Å². The minimum atomic E-state index is -0.932. The standard InChI is InChI=1S/C4H4N10O4.2H2O/c15-13(16)11-3-5-1(7-9-3)2-6-4(10-8-2)12-14(17)18;;/h(H2,5,7,9,11)(H2,6,8,10,12);2*1H2. The van der Waals surface area contributed by atoms with Gasteiger partial charge < -0.3 is 11.0 Å². The SMILES string of the molecule is O.O.O=[N+]([O-])/N=c1/nc(-c2n/c(=N/[N+](=O)[O-])[nH][nH]2)[nH][nH]1. The maximum Gasteiger partial charge on any atom is 0.315 e. The number of nitro groups is 2. The van der Waals surface area contributed by atoms with Gasteiger partial charge in [0.2, 0.25) is 0 Å². The molecule has 0 atom stereocenters. The van der Waals surface area contributed by atoms with Gasteiger partial charge in [-0.25, -0.2) is 20.2 Å². The molecule has 0 aromatic carbocycles. The van der Waals surface area contributed by atoms with E-state index < -0.39 is 10.1 Å². The van der Waals surface area contributed by atoms with Crippen LogP contribution in [0.25, 0.3) is 11.6 Å². The minimum absolute atomic E-state index is 0. The molecule has 2 aromatic rings. The number of nitrogens with one attached hydrogen (secondary N) is 4. The largest absolute Gasteiger partial charge is 0.412 e. The Kier molecular flexibility index (Phi) is 5.40. The Morgan fingerprint density at radius 1 is 0.800 bits per heavy atom. The Morgan fingerprint density at radius 2 is 1.15 bits per heavy atom. The number of hydrogen-bond donors (Lipinski definition) is 4. The molecular formula is C4H8N10O6. The lowest BCUT2D eigenvalue weighted by Gasteiger charge is -1.82. The molecule has 2 heterocycles. The van der Waals surface area contributed by atoms with Gasteiger partial charge in [-0.05, 0) is 0 Å². The zero-order chi connectivity index (χ0) is 13.1. The summed E-state index contributed by atoms with van der Waals surface area (Å²) in [6.45, 7) is 0. The van der Waals surface area contributed by atoms with E-state index in [0.717, 1.165) is 0 Å². The maximum absolute atomic E-state index is 10.1. The lowest BCUT2D eigenvalue weighted by molar-refractivity contribution is -0.491. The summed E-state index contributed by atoms with van der Waals surface area (Å²) >= 11 is 0. The summed E-state index contributed by atoms with van der Waals surface area (Å²) in [5.41, 5.74) is -0.557. The highest BCUT2D eigenvalue weighted by molar-refractivity contribution is 5.39. The summed E-state index contributed by atoms with van der Waals surface area (Å²) in [7, 11) is 0. The van der Waals surface area contributed by atoms with Gasteiger partial charge in [0.1, 0.15) is 10.2 Å². The maximum atomic E-state index is 10.1. The van der Waals surface area contributed by atoms with Gasteiger partial charge in [-0.3, -0.25) is 20.4 Å². The molecule has 8 N–H and O–H groups in total. The van der Waals surface area contributed by atoms with Crippen LogP contribution in [0.1, 0.15) is 0 Å². The molecule has 110 valence electrons. The summed E-state index contributed by atoms with van der Waals surface area (Å²) in [6.07, 6.45) is 0. The van der Waals surface area contributed by atoms with Gasteiger partial charge in [0.25, 0.3) is 0 Å². The first-order valence-electron chi connectivity index (χ1n) is 4.22. The van der Waals surface area contributed by atoms with Crippen LogP contribution in [0.3, 0.4) is 0 Å². The van der Waals surface area contributed by atoms with Gasteiger partial charge in [0, 0.05) is 0 Å². The zero-order valence-electron chi connectivity index (χ0n) is 9.32. The average Bonchev–Trinajstić information content (AvgIpc) is 2.85. The number of nitrogens with zero attached hydrogens (tertiary/aromatic N) is 6. The number of aromatic amines is 4. The van der Waals surface area contributed by atoms with E-state index in [4.69, 9.17) is 0 Å². The molecule has 0 fully saturated rings. The Balaban J connectivity index is 0.00000180. The van der Waals surface area contributed by atoms with Crippen molar-refractivity contribution in [3.05, 3.63) is 31.5 Å². The van der Waals surface area contributed by atoms with Gasteiger partial charge in [-0.15, -0.1) is 0 Å². The van der Waals surface area contributed by atoms with Crippen molar-refractivity contribution in [3.8, 4) is 11.6 Å². The van der Waals surface area contributed by atoms with Gasteiger partial charge in [-0.1, -0.05) is 0 Å². The highest BCUT2D eigenvalue weighted by Crippen LogP contribution is 1.99. The van der Waals surface area contributed by atoms with Crippen LogP contribution in [0, 0.1) is 20.2 Å². The summed E-state index contributed by atoms with van der Waals surface area (Å²) < 4.78 is 0. The van der Waals surface area contributed by atoms with Crippen molar-refractivity contribution in [1.82, 2.24) is 30.4 Å². The third-order valence-corrected chi connectivity index (χ3v) is 1.60. The third kappa shape index (κ3) is 3.82. The number of rotatable bonds is 3. The highest BCUT2D eigenvalue weighted by Gasteiger charge is 2.07. The normalized spacial score (nSPS) is 11.6. The molecule has 20 heavy (non-hydrogen) atoms. The highest BCUT2D eigenvalue weighted by atomic mass is 16.7. The monoisotopic (exact) mass is 292 g/mol. The molecule has 0 bridgehead atoms. The van der Waals surface area contributed by atoms with E-state index in [9.17, 15) is 20.2 Å². The lowest BCUT2D eigenvalue weighted by Crippen LogP contribution is -2.10. The smallest absolute Gasteiger partial charge is 0.315 e. The molecule has 0 radical (unpaired) electrons. The van der Waals surface area contributed by atoms with Gasteiger partial charge in [0.15, 0.2) is 21.7 Å². The van der Waals surface area contributed by atoms with Crippen molar-refractivity contribution >= 4 is 0 Å². The van der Waals surface area contributed by atoms with E-state index in [-0.39, 0.29) is 33.8 Å². The first-order valence-corrected chi connectivity index (χ1v) is 4.22. The van der Waals surface area contributed by atoms with Crippen LogP contribution in [0.2, 0.25) is 0 Å². The van der Waals surface area contributed by atoms with Crippen LogP contribution in [0.4, 0.5) is 0 Å². The van der Waals surface area contributed by atoms with Gasteiger partial charge >= 0.3 is 11.2 Å². The van der Waals surface area contributed by atoms with Crippen LogP contribution in [-0.2, 0) is 0 Å². The molecule has 16 nitrogen and oxygen atoms in total. The molecule has 2 aromatic heterocycles. The topological polar surface area (TPSA) is 263 Å². The van der Waals surface area contributed by atoms with E-state index in [1.165, 1.54) is 0 Å². The first-order chi connectivity index (χ1) is 8.54. The fraction of sp³-hybridized carbons (Fsp3) is 0. The van der Waals surface area contributed by atoms with Crippen molar-refractivity contribution in [2.75, 3.05) is 0 Å². The summed E-state index contributed by atoms with van der Waals surface area (Å²) in [4.78, 5) is 27.5. The molecular weight excluding hydrogens is 284 g/mol. The number of aromatic nitrogens is 6. The van der Waals surface area contributed by atoms with Crippen LogP contribution in [-0.4, -0.2) is 51.4 Å². The molecule has 0 amide bonds. The summed E-state index contributed by atoms with van der Waals surface area (Å²) in [5.74, 6) is 0.133. The van der Waals surface area contributed by atoms with E-state index >= 15 is 0 Å². The molecule has 2 rings (SSSR count). The van der Waals surface area contributed by atoms with E-state index in [0.29, 0.717) is 0 Å². The quantitative estimate of drug-likeness (QED) is 0.323. The predicted molar refractivity (Wildman–Crippen MR) is 57.2 cm³/mol. The Labute approximate surface area is 106 Å². The van der Waals surface area contributed by atoms with Crippen molar-refractivity contribution in [3.63, 3.8) is 0 Å². The third-order valence-electron chi connectivity index (χ3n) is 1.60. The summed E-state index contributed by atoms with van der Waals surface area (Å²) in [6, 6.07) is 0. The number of H-pyrrole nitrogens is 4. The molecule has 0 unspecified atom stereocenters. The average molecular weight is 292 g/mol. The Bertz CT molecular complexity index is 654. The second-order valence-electron chi connectivity index (χ2n) is 2.74. The van der Waals surface area contributed by atoms with Gasteiger partial charge in [0.05, 0.1) is 0 Å². The molecule has 0 saturated carbocycles. The zero-order valence-corrected chi connectivity index (χ0v) is 9.32. The molecule has 0 saturated heterocycles. The van der Waals surface area contributed by atoms with Crippen LogP contribution < -0.4 is 11.2 Å². The number of hydrogen-bond acceptors (Lipinski definition) is 6. The Morgan fingerprint density at radius 3 is 1.45 bits per heavy atom. The molecule has 0 aliphatic carbocycles. The molecule has 0 spiro atoms. The molecule has 0 aliphatic rings. The molecule has 16 heteroatoms. The fourth-order valence-corrected chi connectivity index (χ4v) is 1.03. The van der Waals surface area contributed by atoms with Crippen molar-refractivity contribution < 1.29 is 21.0 Å². The predicted octanol–water partition coefficient (Wildman–Crippen LogP) is -4.01. The minimum Gasteiger partial charge on any atom is -0.412 e. The van der Waals surface area contributed by atoms with Crippen LogP contribution in [0.15, 0.2) is 10.2 Å². The van der Waals surface area contributed by atoms with E-state index in [1.54, 1.807) is 0 Å². The molecule has 0 aliphatic heterocycles. The van der Waals surface area contributed by atoms with Crippen LogP contribution in [0.5, 0.6) is 0 Å². The Hall–Kier alpha value is -3.40. The van der Waals surface area contributed by atoms with Crippen molar-refractivity contribution in [2.24, 2.45) is 10.2 Å². The fourth-order valence-electron chi connectivity index (χ4n) is 1.03. The lowest BCUT2D eigenvalue weighted by atomic mass is 10.6. The van der Waals surface area contributed by atoms with Crippen LogP contribution >= 0.6 is 0 Å². The second-order valence-corrected chi connectivity index (χ2v) is 2.74. The van der Waals surface area contributed by atoms with E-state index in [2.05, 4.69) is 40.6 Å². The first kappa shape index (κ1) is 16.6. The van der Waals surface area contributed by atoms with Gasteiger partial charge in [-0.2, -0.15) is 9.97 Å². The van der Waals surface area contributed by atoms with Crippen molar-refractivity contribution in [2.45, 2.75) is 0 Å². The van der Waals surface area contributed by atoms with Crippen molar-refractivity contribution in [1.29, 1.82) is 0 Å². The summed E-state index contributed by atoms with van der Waals surface area (Å²) in [5, 5.41) is 33.6. The second kappa shape index (κ2) is 6.51.